The number of ether oxygens (including phenoxy) is 2. The molecule has 2 aromatic carbocycles. The number of nitrogens with one attached hydrogen (secondary N) is 2. The molecule has 0 aliphatic rings. The van der Waals surface area contributed by atoms with Crippen molar-refractivity contribution in [1.82, 2.24) is 10.3 Å². The highest BCUT2D eigenvalue weighted by atomic mass is 16.6. The number of nitrogens with two attached hydrogens (primary N) is 1. The van der Waals surface area contributed by atoms with Gasteiger partial charge in [0.15, 0.2) is 0 Å². The molecule has 0 unspecified atom stereocenters. The van der Waals surface area contributed by atoms with Crippen molar-refractivity contribution in [2.24, 2.45) is 5.73 Å². The van der Waals surface area contributed by atoms with Crippen LogP contribution in [0.4, 0.5) is 4.79 Å². The fraction of sp³-hybridized carbons (Fsp3) is 0.273. The maximum absolute atomic E-state index is 11.7. The highest BCUT2D eigenvalue weighted by Crippen LogP contribution is 2.34. The molecule has 0 spiro atoms. The van der Waals surface area contributed by atoms with Crippen LogP contribution in [0, 0.1) is 0 Å². The van der Waals surface area contributed by atoms with Gasteiger partial charge in [-0.15, -0.1) is 0 Å². The van der Waals surface area contributed by atoms with Gasteiger partial charge < -0.3 is 25.5 Å². The van der Waals surface area contributed by atoms with Crippen LogP contribution in [0.3, 0.4) is 0 Å². The van der Waals surface area contributed by atoms with Crippen LogP contribution in [-0.4, -0.2) is 35.7 Å². The number of alkyl carbamates (subject to hydrolysis) is 1. The van der Waals surface area contributed by atoms with E-state index in [2.05, 4.69) is 10.3 Å². The van der Waals surface area contributed by atoms with Gasteiger partial charge >= 0.3 is 6.09 Å². The Hall–Kier alpha value is -3.48. The fourth-order valence-electron chi connectivity index (χ4n) is 2.94. The summed E-state index contributed by atoms with van der Waals surface area (Å²) in [4.78, 5) is 26.5. The second-order valence-electron chi connectivity index (χ2n) is 7.59. The van der Waals surface area contributed by atoms with E-state index in [1.54, 1.807) is 26.8 Å². The summed E-state index contributed by atoms with van der Waals surface area (Å²) in [6.45, 7) is 5.93. The minimum atomic E-state index is -0.555. The molecule has 0 aliphatic carbocycles. The first-order valence-electron chi connectivity index (χ1n) is 9.35. The van der Waals surface area contributed by atoms with Gasteiger partial charge in [0, 0.05) is 10.9 Å². The lowest BCUT2D eigenvalue weighted by molar-refractivity contribution is 0.0520. The number of H-pyrrole nitrogens is 1. The molecule has 0 atom stereocenters. The van der Waals surface area contributed by atoms with Crippen LogP contribution in [0.5, 0.6) is 5.75 Å². The number of rotatable bonds is 6. The molecule has 1 heterocycles. The summed E-state index contributed by atoms with van der Waals surface area (Å²) >= 11 is 0. The topological polar surface area (TPSA) is 106 Å². The number of carbonyl (C=O) groups is 2. The molecular formula is C22H25N3O4. The van der Waals surface area contributed by atoms with Crippen molar-refractivity contribution >= 4 is 22.9 Å². The van der Waals surface area contributed by atoms with Crippen LogP contribution in [0.25, 0.3) is 22.0 Å². The molecular weight excluding hydrogens is 370 g/mol. The predicted molar refractivity (Wildman–Crippen MR) is 112 cm³/mol. The Morgan fingerprint density at radius 2 is 1.83 bits per heavy atom. The monoisotopic (exact) mass is 395 g/mol. The summed E-state index contributed by atoms with van der Waals surface area (Å²) in [5, 5.41) is 3.40. The van der Waals surface area contributed by atoms with Crippen molar-refractivity contribution in [1.29, 1.82) is 0 Å². The van der Waals surface area contributed by atoms with Crippen LogP contribution in [0.2, 0.25) is 0 Å². The van der Waals surface area contributed by atoms with Gasteiger partial charge in [0.2, 0.25) is 0 Å². The number of hydrogen-bond donors (Lipinski definition) is 3. The molecule has 4 N–H and O–H groups in total. The van der Waals surface area contributed by atoms with Crippen molar-refractivity contribution in [3.8, 4) is 16.9 Å². The molecule has 3 rings (SSSR count). The van der Waals surface area contributed by atoms with Crippen LogP contribution in [0.15, 0.2) is 48.5 Å². The molecule has 0 saturated heterocycles. The number of fused-ring (bicyclic) bond motifs is 1. The van der Waals surface area contributed by atoms with E-state index in [1.807, 2.05) is 42.5 Å². The number of hydrogen-bond acceptors (Lipinski definition) is 4. The smallest absolute Gasteiger partial charge is 0.407 e. The summed E-state index contributed by atoms with van der Waals surface area (Å²) in [7, 11) is 0. The molecule has 0 radical (unpaired) electrons. The molecule has 7 nitrogen and oxygen atoms in total. The van der Waals surface area contributed by atoms with Crippen LogP contribution in [-0.2, 0) is 4.74 Å². The lowest BCUT2D eigenvalue weighted by Gasteiger charge is -2.19. The second kappa shape index (κ2) is 8.26. The third-order valence-corrected chi connectivity index (χ3v) is 4.13. The highest BCUT2D eigenvalue weighted by Gasteiger charge is 2.16. The Labute approximate surface area is 169 Å². The van der Waals surface area contributed by atoms with E-state index in [9.17, 15) is 9.59 Å². The van der Waals surface area contributed by atoms with E-state index in [4.69, 9.17) is 15.2 Å². The summed E-state index contributed by atoms with van der Waals surface area (Å²) in [5.41, 5.74) is 7.91. The standard InChI is InChI=1S/C22H25N3O4/c1-22(2,3)29-21(27)24-11-12-28-18-10-9-15(14-7-5-4-6-8-14)19-16(18)13-17(25-19)20(23)26/h4-10,13,25H,11-12H2,1-3H3,(H2,23,26)(H,24,27). The van der Waals surface area contributed by atoms with Gasteiger partial charge in [0.1, 0.15) is 23.7 Å². The van der Waals surface area contributed by atoms with Crippen molar-refractivity contribution in [2.75, 3.05) is 13.2 Å². The van der Waals surface area contributed by atoms with Gasteiger partial charge in [-0.05, 0) is 44.5 Å². The Balaban J connectivity index is 1.78. The predicted octanol–water partition coefficient (Wildman–Crippen LogP) is 3.84. The summed E-state index contributed by atoms with van der Waals surface area (Å²) < 4.78 is 11.0. The van der Waals surface area contributed by atoms with E-state index in [-0.39, 0.29) is 13.2 Å². The quantitative estimate of drug-likeness (QED) is 0.551. The highest BCUT2D eigenvalue weighted by molar-refractivity contribution is 6.04. The summed E-state index contributed by atoms with van der Waals surface area (Å²) in [6.07, 6.45) is -0.497. The van der Waals surface area contributed by atoms with Gasteiger partial charge in [0.25, 0.3) is 5.91 Å². The zero-order valence-corrected chi connectivity index (χ0v) is 16.7. The molecule has 3 aromatic rings. The lowest BCUT2D eigenvalue weighted by Crippen LogP contribution is -2.34. The van der Waals surface area contributed by atoms with Crippen LogP contribution >= 0.6 is 0 Å². The fourth-order valence-corrected chi connectivity index (χ4v) is 2.94. The zero-order chi connectivity index (χ0) is 21.0. The Morgan fingerprint density at radius 3 is 2.48 bits per heavy atom. The van der Waals surface area contributed by atoms with E-state index >= 15 is 0 Å². The third-order valence-electron chi connectivity index (χ3n) is 4.13. The average molecular weight is 395 g/mol. The molecule has 0 saturated carbocycles. The average Bonchev–Trinajstić information content (AvgIpc) is 3.10. The number of benzene rings is 2. The van der Waals surface area contributed by atoms with E-state index in [1.165, 1.54) is 0 Å². The maximum atomic E-state index is 11.7. The Morgan fingerprint density at radius 1 is 1.10 bits per heavy atom. The molecule has 0 aliphatic heterocycles. The van der Waals surface area contributed by atoms with Crippen molar-refractivity contribution in [3.05, 3.63) is 54.2 Å². The molecule has 7 heteroatoms. The minimum absolute atomic E-state index is 0.246. The van der Waals surface area contributed by atoms with Crippen LogP contribution in [0.1, 0.15) is 31.3 Å². The van der Waals surface area contributed by atoms with Gasteiger partial charge in [-0.3, -0.25) is 4.79 Å². The molecule has 0 bridgehead atoms. The Bertz CT molecular complexity index is 1020. The minimum Gasteiger partial charge on any atom is -0.491 e. The number of aromatic nitrogens is 1. The van der Waals surface area contributed by atoms with Crippen molar-refractivity contribution in [3.63, 3.8) is 0 Å². The van der Waals surface area contributed by atoms with Gasteiger partial charge in [-0.25, -0.2) is 4.79 Å². The molecule has 2 amide bonds. The Kier molecular flexibility index (Phi) is 5.77. The first kappa shape index (κ1) is 20.3. The van der Waals surface area contributed by atoms with E-state index in [0.717, 1.165) is 22.0 Å². The van der Waals surface area contributed by atoms with Crippen molar-refractivity contribution < 1.29 is 19.1 Å². The lowest BCUT2D eigenvalue weighted by atomic mass is 10.0. The molecule has 29 heavy (non-hydrogen) atoms. The number of aromatic amines is 1. The van der Waals surface area contributed by atoms with Crippen molar-refractivity contribution in [2.45, 2.75) is 26.4 Å². The molecule has 152 valence electrons. The van der Waals surface area contributed by atoms with E-state index in [0.29, 0.717) is 11.4 Å². The van der Waals surface area contributed by atoms with Gasteiger partial charge in [0.05, 0.1) is 12.1 Å². The number of primary amides is 1. The normalized spacial score (nSPS) is 11.3. The SMILES string of the molecule is CC(C)(C)OC(=O)NCCOc1ccc(-c2ccccc2)c2[nH]c(C(N)=O)cc12. The molecule has 0 fully saturated rings. The van der Waals surface area contributed by atoms with Crippen LogP contribution < -0.4 is 15.8 Å². The van der Waals surface area contributed by atoms with E-state index < -0.39 is 17.6 Å². The number of carbonyl (C=O) groups excluding carboxylic acids is 2. The maximum Gasteiger partial charge on any atom is 0.407 e. The summed E-state index contributed by atoms with van der Waals surface area (Å²) in [5.74, 6) is 0.0483. The first-order chi connectivity index (χ1) is 13.7. The second-order valence-corrected chi connectivity index (χ2v) is 7.59. The zero-order valence-electron chi connectivity index (χ0n) is 16.7. The summed E-state index contributed by atoms with van der Waals surface area (Å²) in [6, 6.07) is 15.3. The first-order valence-corrected chi connectivity index (χ1v) is 9.35. The molecule has 1 aromatic heterocycles. The largest absolute Gasteiger partial charge is 0.491 e. The number of amides is 2. The third kappa shape index (κ3) is 5.07. The van der Waals surface area contributed by atoms with Gasteiger partial charge in [-0.2, -0.15) is 0 Å². The van der Waals surface area contributed by atoms with Gasteiger partial charge in [-0.1, -0.05) is 30.3 Å².